The summed E-state index contributed by atoms with van der Waals surface area (Å²) in [7, 11) is 0. The summed E-state index contributed by atoms with van der Waals surface area (Å²) in [5.74, 6) is 0. The van der Waals surface area contributed by atoms with Gasteiger partial charge in [0.05, 0.1) is 6.10 Å². The largest absolute Gasteiger partial charge is 0.393 e. The van der Waals surface area contributed by atoms with E-state index >= 15 is 0 Å². The second-order valence-corrected chi connectivity index (χ2v) is 3.57. The maximum Gasteiger partial charge on any atom is 0.0605 e. The summed E-state index contributed by atoms with van der Waals surface area (Å²) < 4.78 is 0. The molecule has 0 aromatic heterocycles. The van der Waals surface area contributed by atoms with Gasteiger partial charge in [-0.05, 0) is 26.2 Å². The van der Waals surface area contributed by atoms with Gasteiger partial charge in [0, 0.05) is 5.41 Å². The van der Waals surface area contributed by atoms with E-state index in [1.54, 1.807) is 0 Å². The zero-order chi connectivity index (χ0) is 10.3. The first-order valence-corrected chi connectivity index (χ1v) is 5.09. The molecular formula is C12H22O. The van der Waals surface area contributed by atoms with E-state index in [4.69, 9.17) is 0 Å². The molecule has 2 unspecified atom stereocenters. The van der Waals surface area contributed by atoms with Gasteiger partial charge in [-0.3, -0.25) is 0 Å². The first kappa shape index (κ1) is 12.4. The van der Waals surface area contributed by atoms with Gasteiger partial charge in [0.25, 0.3) is 0 Å². The molecule has 1 N–H and O–H groups in total. The summed E-state index contributed by atoms with van der Waals surface area (Å²) >= 11 is 0. The van der Waals surface area contributed by atoms with Crippen molar-refractivity contribution in [3.8, 4) is 0 Å². The van der Waals surface area contributed by atoms with Gasteiger partial charge in [0.1, 0.15) is 0 Å². The standard InChI is InChI=1S/C12H22O/c1-5-8-10-12(7-3,9-6-2)11(4)13/h6,8,10-11,13H,2,5,7,9H2,1,3-4H3. The summed E-state index contributed by atoms with van der Waals surface area (Å²) in [6, 6.07) is 0. The molecule has 0 aliphatic heterocycles. The third kappa shape index (κ3) is 3.35. The van der Waals surface area contributed by atoms with Gasteiger partial charge in [-0.15, -0.1) is 6.58 Å². The van der Waals surface area contributed by atoms with Gasteiger partial charge in [-0.1, -0.05) is 32.1 Å². The summed E-state index contributed by atoms with van der Waals surface area (Å²) in [6.07, 6.45) is 8.66. The molecule has 0 spiro atoms. The Morgan fingerprint density at radius 3 is 2.38 bits per heavy atom. The zero-order valence-electron chi connectivity index (χ0n) is 9.09. The highest BCUT2D eigenvalue weighted by molar-refractivity contribution is 5.04. The van der Waals surface area contributed by atoms with E-state index in [1.807, 2.05) is 13.0 Å². The van der Waals surface area contributed by atoms with Crippen LogP contribution in [0.5, 0.6) is 0 Å². The lowest BCUT2D eigenvalue weighted by molar-refractivity contribution is 0.0730. The van der Waals surface area contributed by atoms with Crippen LogP contribution in [0.3, 0.4) is 0 Å². The highest BCUT2D eigenvalue weighted by Crippen LogP contribution is 2.33. The molecule has 0 radical (unpaired) electrons. The van der Waals surface area contributed by atoms with E-state index in [-0.39, 0.29) is 11.5 Å². The topological polar surface area (TPSA) is 20.2 Å². The Morgan fingerprint density at radius 2 is 2.08 bits per heavy atom. The molecule has 0 rings (SSSR count). The average molecular weight is 182 g/mol. The normalized spacial score (nSPS) is 18.5. The highest BCUT2D eigenvalue weighted by Gasteiger charge is 2.28. The monoisotopic (exact) mass is 182 g/mol. The van der Waals surface area contributed by atoms with Crippen LogP contribution < -0.4 is 0 Å². The van der Waals surface area contributed by atoms with Crippen molar-refractivity contribution >= 4 is 0 Å². The molecule has 0 amide bonds. The molecule has 0 aliphatic carbocycles. The van der Waals surface area contributed by atoms with Gasteiger partial charge < -0.3 is 5.11 Å². The van der Waals surface area contributed by atoms with Crippen LogP contribution in [0.25, 0.3) is 0 Å². The van der Waals surface area contributed by atoms with Gasteiger partial charge >= 0.3 is 0 Å². The van der Waals surface area contributed by atoms with Crippen molar-refractivity contribution in [1.29, 1.82) is 0 Å². The van der Waals surface area contributed by atoms with E-state index in [0.29, 0.717) is 0 Å². The molecule has 0 saturated carbocycles. The summed E-state index contributed by atoms with van der Waals surface area (Å²) in [5, 5.41) is 9.72. The maximum atomic E-state index is 9.72. The van der Waals surface area contributed by atoms with Crippen molar-refractivity contribution in [3.05, 3.63) is 24.8 Å². The Labute approximate surface area is 82.2 Å². The summed E-state index contributed by atoms with van der Waals surface area (Å²) in [5.41, 5.74) is -0.0994. The number of allylic oxidation sites excluding steroid dienone is 2. The second kappa shape index (κ2) is 5.98. The van der Waals surface area contributed by atoms with Gasteiger partial charge in [0.15, 0.2) is 0 Å². The van der Waals surface area contributed by atoms with Crippen molar-refractivity contribution in [1.82, 2.24) is 0 Å². The number of rotatable bonds is 6. The molecular weight excluding hydrogens is 160 g/mol. The predicted molar refractivity (Wildman–Crippen MR) is 58.6 cm³/mol. The van der Waals surface area contributed by atoms with Crippen LogP contribution in [0, 0.1) is 5.41 Å². The molecule has 0 aliphatic rings. The third-order valence-electron chi connectivity index (χ3n) is 2.70. The maximum absolute atomic E-state index is 9.72. The molecule has 0 aromatic carbocycles. The SMILES string of the molecule is C=CCC(C=CCC)(CC)C(C)O. The number of aliphatic hydroxyl groups is 1. The Hall–Kier alpha value is -0.560. The van der Waals surface area contributed by atoms with Crippen LogP contribution >= 0.6 is 0 Å². The van der Waals surface area contributed by atoms with E-state index in [2.05, 4.69) is 32.6 Å². The minimum Gasteiger partial charge on any atom is -0.393 e. The molecule has 0 bridgehead atoms. The van der Waals surface area contributed by atoms with Crippen LogP contribution in [0.2, 0.25) is 0 Å². The fourth-order valence-electron chi connectivity index (χ4n) is 1.56. The third-order valence-corrected chi connectivity index (χ3v) is 2.70. The molecule has 0 aromatic rings. The second-order valence-electron chi connectivity index (χ2n) is 3.57. The lowest BCUT2D eigenvalue weighted by Crippen LogP contribution is -2.29. The molecule has 1 nitrogen and oxygen atoms in total. The number of aliphatic hydroxyl groups excluding tert-OH is 1. The highest BCUT2D eigenvalue weighted by atomic mass is 16.3. The minimum absolute atomic E-state index is 0.0994. The molecule has 76 valence electrons. The molecule has 0 fully saturated rings. The first-order valence-electron chi connectivity index (χ1n) is 5.09. The Kier molecular flexibility index (Phi) is 5.72. The Balaban J connectivity index is 4.63. The van der Waals surface area contributed by atoms with E-state index < -0.39 is 0 Å². The van der Waals surface area contributed by atoms with E-state index in [1.165, 1.54) is 0 Å². The van der Waals surface area contributed by atoms with Crippen LogP contribution in [-0.4, -0.2) is 11.2 Å². The van der Waals surface area contributed by atoms with Crippen molar-refractivity contribution in [2.24, 2.45) is 5.41 Å². The van der Waals surface area contributed by atoms with Crippen molar-refractivity contribution in [2.45, 2.75) is 46.1 Å². The van der Waals surface area contributed by atoms with Gasteiger partial charge in [-0.25, -0.2) is 0 Å². The fraction of sp³-hybridized carbons (Fsp3) is 0.667. The van der Waals surface area contributed by atoms with Crippen molar-refractivity contribution in [3.63, 3.8) is 0 Å². The molecule has 1 heteroatoms. The Bertz CT molecular complexity index is 170. The van der Waals surface area contributed by atoms with Crippen LogP contribution in [0.1, 0.15) is 40.0 Å². The molecule has 13 heavy (non-hydrogen) atoms. The molecule has 2 atom stereocenters. The lowest BCUT2D eigenvalue weighted by atomic mass is 9.77. The van der Waals surface area contributed by atoms with E-state index in [0.717, 1.165) is 19.3 Å². The molecule has 0 heterocycles. The smallest absolute Gasteiger partial charge is 0.0605 e. The number of hydrogen-bond donors (Lipinski definition) is 1. The van der Waals surface area contributed by atoms with Crippen LogP contribution in [-0.2, 0) is 0 Å². The van der Waals surface area contributed by atoms with Crippen LogP contribution in [0.15, 0.2) is 24.8 Å². The quantitative estimate of drug-likeness (QED) is 0.625. The van der Waals surface area contributed by atoms with E-state index in [9.17, 15) is 5.11 Å². The predicted octanol–water partition coefficient (Wildman–Crippen LogP) is 3.31. The average Bonchev–Trinajstić information content (AvgIpc) is 2.12. The van der Waals surface area contributed by atoms with Gasteiger partial charge in [0.2, 0.25) is 0 Å². The Morgan fingerprint density at radius 1 is 1.46 bits per heavy atom. The van der Waals surface area contributed by atoms with Gasteiger partial charge in [-0.2, -0.15) is 0 Å². The fourth-order valence-corrected chi connectivity index (χ4v) is 1.56. The lowest BCUT2D eigenvalue weighted by Gasteiger charge is -2.31. The van der Waals surface area contributed by atoms with Crippen molar-refractivity contribution < 1.29 is 5.11 Å². The summed E-state index contributed by atoms with van der Waals surface area (Å²) in [6.45, 7) is 9.80. The number of hydrogen-bond acceptors (Lipinski definition) is 1. The van der Waals surface area contributed by atoms with Crippen LogP contribution in [0.4, 0.5) is 0 Å². The summed E-state index contributed by atoms with van der Waals surface area (Å²) in [4.78, 5) is 0. The zero-order valence-corrected chi connectivity index (χ0v) is 9.09. The first-order chi connectivity index (χ1) is 6.13. The van der Waals surface area contributed by atoms with Crippen molar-refractivity contribution in [2.75, 3.05) is 0 Å². The molecule has 0 saturated heterocycles. The minimum atomic E-state index is -0.307.